The Morgan fingerprint density at radius 3 is 0.901 bits per heavy atom. The first-order valence-electron chi connectivity index (χ1n) is 33.9. The average Bonchev–Trinajstić information content (AvgIpc) is 3.95. The van der Waals surface area contributed by atoms with Crippen LogP contribution < -0.4 is 11.5 Å². The summed E-state index contributed by atoms with van der Waals surface area (Å²) in [7, 11) is 0. The standard InChI is InChI=1S/2C13H27N.2C12H25N.C11H23N.C9H19N.C4H10.H3N/c1-12(2,3)11-7-9-14(10-8-11)13(4,5)6;1-12(2,3)11-8-7-9-14(10-11)13(4,5)6;1-11(2,3)10-7-8-13(9-10)12(4,5)6;1-11(2,3)10-8-7-9-13(10)12(4,5)6;1-10(2,3)9-7-12(8-9)11(4,5)6;1-9(2,3)8-6-4-5-7-10-8;1-4(2)3;/h2*11H,7-10H2,1-6H3;2*10H,7-9H2,1-6H3;9H,7-8H2,1-6H3;8,10H,4-7H2,1-3H3;4H,1-3H3;1H3. The summed E-state index contributed by atoms with van der Waals surface area (Å²) in [6.07, 6.45) is 13.8. The van der Waals surface area contributed by atoms with Gasteiger partial charge in [-0.1, -0.05) is 152 Å². The monoisotopic (exact) mass is 1150 g/mol. The van der Waals surface area contributed by atoms with Gasteiger partial charge in [0.05, 0.1) is 0 Å². The predicted molar refractivity (Wildman–Crippen MR) is 370 cm³/mol. The highest BCUT2D eigenvalue weighted by Crippen LogP contribution is 2.40. The van der Waals surface area contributed by atoms with E-state index in [4.69, 9.17) is 0 Å². The van der Waals surface area contributed by atoms with Gasteiger partial charge in [-0.3, -0.25) is 24.5 Å². The Labute approximate surface area is 514 Å². The second kappa shape index (κ2) is 32.8. The van der Waals surface area contributed by atoms with Crippen molar-refractivity contribution >= 4 is 0 Å². The van der Waals surface area contributed by atoms with Crippen molar-refractivity contribution in [2.45, 2.75) is 353 Å². The molecule has 0 saturated carbocycles. The van der Waals surface area contributed by atoms with Crippen molar-refractivity contribution in [1.29, 1.82) is 0 Å². The van der Waals surface area contributed by atoms with E-state index >= 15 is 0 Å². The Morgan fingerprint density at radius 2 is 0.630 bits per heavy atom. The molecule has 81 heavy (non-hydrogen) atoms. The number of rotatable bonds is 0. The molecule has 6 rings (SSSR count). The number of nitrogens with one attached hydrogen (secondary N) is 1. The number of likely N-dealkylation sites (tertiary alicyclic amines) is 5. The van der Waals surface area contributed by atoms with Gasteiger partial charge in [0.25, 0.3) is 0 Å². The van der Waals surface area contributed by atoms with E-state index in [0.717, 1.165) is 41.7 Å². The van der Waals surface area contributed by atoms with Crippen LogP contribution in [0.2, 0.25) is 0 Å². The number of piperidine rings is 3. The minimum Gasteiger partial charge on any atom is -0.344 e. The Kier molecular flexibility index (Phi) is 33.5. The molecule has 0 spiro atoms. The minimum absolute atomic E-state index is 0. The van der Waals surface area contributed by atoms with Crippen LogP contribution in [-0.2, 0) is 0 Å². The third kappa shape index (κ3) is 33.0. The van der Waals surface area contributed by atoms with Crippen molar-refractivity contribution in [3.05, 3.63) is 0 Å². The summed E-state index contributed by atoms with van der Waals surface area (Å²) in [5.74, 6) is 4.40. The van der Waals surface area contributed by atoms with Crippen LogP contribution >= 0.6 is 0 Å². The van der Waals surface area contributed by atoms with Crippen LogP contribution in [0.1, 0.15) is 313 Å². The molecule has 0 radical (unpaired) electrons. The molecule has 6 aliphatic heterocycles. The van der Waals surface area contributed by atoms with Crippen LogP contribution in [0.15, 0.2) is 0 Å². The molecule has 6 heterocycles. The molecular weight excluding hydrogens is 987 g/mol. The summed E-state index contributed by atoms with van der Waals surface area (Å²) in [6, 6.07) is 1.52. The predicted octanol–water partition coefficient (Wildman–Crippen LogP) is 20.3. The summed E-state index contributed by atoms with van der Waals surface area (Å²) in [5.41, 5.74) is 4.66. The summed E-state index contributed by atoms with van der Waals surface area (Å²) in [5, 5.41) is 3.56. The summed E-state index contributed by atoms with van der Waals surface area (Å²) in [4.78, 5) is 13.1. The molecule has 6 saturated heterocycles. The molecule has 0 aromatic heterocycles. The van der Waals surface area contributed by atoms with Gasteiger partial charge in [0, 0.05) is 66.0 Å². The van der Waals surface area contributed by atoms with E-state index in [1.807, 2.05) is 0 Å². The molecule has 0 amide bonds. The topological polar surface area (TPSA) is 63.2 Å². The quantitative estimate of drug-likeness (QED) is 0.251. The largest absolute Gasteiger partial charge is 0.344 e. The fourth-order valence-electron chi connectivity index (χ4n) is 12.4. The molecule has 4 N–H and O–H groups in total. The van der Waals surface area contributed by atoms with E-state index in [-0.39, 0.29) is 6.15 Å². The van der Waals surface area contributed by atoms with Crippen LogP contribution in [-0.4, -0.2) is 130 Å². The minimum atomic E-state index is 0. The zero-order valence-electron chi connectivity index (χ0n) is 63.1. The zero-order valence-corrected chi connectivity index (χ0v) is 63.1. The second-order valence-corrected chi connectivity index (χ2v) is 38.7. The third-order valence-electron chi connectivity index (χ3n) is 19.1. The number of hydrogen-bond donors (Lipinski definition) is 2. The Hall–Kier alpha value is -0.280. The highest BCUT2D eigenvalue weighted by molar-refractivity contribution is 4.96. The molecule has 4 atom stereocenters. The van der Waals surface area contributed by atoms with Crippen molar-refractivity contribution in [2.24, 2.45) is 62.1 Å². The summed E-state index contributed by atoms with van der Waals surface area (Å²) < 4.78 is 0. The fourth-order valence-corrected chi connectivity index (χ4v) is 12.4. The van der Waals surface area contributed by atoms with Gasteiger partial charge in [-0.25, -0.2) is 0 Å². The van der Waals surface area contributed by atoms with Gasteiger partial charge in [-0.05, 0) is 263 Å². The van der Waals surface area contributed by atoms with Gasteiger partial charge in [-0.15, -0.1) is 0 Å². The Balaban J connectivity index is 0. The molecule has 6 fully saturated rings. The highest BCUT2D eigenvalue weighted by Gasteiger charge is 2.42. The molecule has 7 heteroatoms. The van der Waals surface area contributed by atoms with Gasteiger partial charge in [0.15, 0.2) is 0 Å². The van der Waals surface area contributed by atoms with Gasteiger partial charge >= 0.3 is 0 Å². The first-order valence-corrected chi connectivity index (χ1v) is 33.9. The van der Waals surface area contributed by atoms with E-state index < -0.39 is 0 Å². The molecule has 7 nitrogen and oxygen atoms in total. The van der Waals surface area contributed by atoms with Crippen molar-refractivity contribution < 1.29 is 0 Å². The van der Waals surface area contributed by atoms with E-state index in [1.54, 1.807) is 0 Å². The molecule has 0 aromatic rings. The number of nitrogens with zero attached hydrogens (tertiary/aromatic N) is 5. The van der Waals surface area contributed by atoms with E-state index in [0.29, 0.717) is 60.2 Å². The maximum atomic E-state index is 3.56. The molecule has 0 aromatic carbocycles. The van der Waals surface area contributed by atoms with Gasteiger partial charge in [0.1, 0.15) is 0 Å². The molecule has 6 aliphatic rings. The van der Waals surface area contributed by atoms with Gasteiger partial charge < -0.3 is 11.5 Å². The first-order chi connectivity index (χ1) is 35.4. The summed E-state index contributed by atoms with van der Waals surface area (Å²) in [6.45, 7) is 96.5. The van der Waals surface area contributed by atoms with Crippen LogP contribution in [0.3, 0.4) is 0 Å². The van der Waals surface area contributed by atoms with Crippen LogP contribution in [0.25, 0.3) is 0 Å². The normalized spacial score (nSPS) is 24.4. The SMILES string of the molecule is CC(C)(C)C1CCCCN1.CC(C)(C)C1CCCN(C(C)(C)C)C1.CC(C)(C)C1CCCN1C(C)(C)C.CC(C)(C)C1CCN(C(C)(C)C)C1.CC(C)(C)C1CCN(C(C)(C)C)CC1.CC(C)(C)C1CN(C(C)(C)C)C1.CC(C)C.N. The van der Waals surface area contributed by atoms with Crippen LogP contribution in [0.5, 0.6) is 0 Å². The highest BCUT2D eigenvalue weighted by atomic mass is 15.3. The zero-order chi connectivity index (χ0) is 63.3. The maximum absolute atomic E-state index is 3.56. The van der Waals surface area contributed by atoms with Gasteiger partial charge in [0.2, 0.25) is 0 Å². The van der Waals surface area contributed by atoms with Crippen LogP contribution in [0.4, 0.5) is 0 Å². The van der Waals surface area contributed by atoms with Crippen molar-refractivity contribution in [3.8, 4) is 0 Å². The maximum Gasteiger partial charge on any atom is 0.0149 e. The van der Waals surface area contributed by atoms with E-state index in [1.165, 1.54) is 130 Å². The second-order valence-electron chi connectivity index (χ2n) is 38.7. The van der Waals surface area contributed by atoms with Crippen molar-refractivity contribution in [3.63, 3.8) is 0 Å². The molecule has 490 valence electrons. The third-order valence-corrected chi connectivity index (χ3v) is 19.1. The lowest BCUT2D eigenvalue weighted by Gasteiger charge is -2.52. The Morgan fingerprint density at radius 1 is 0.296 bits per heavy atom. The van der Waals surface area contributed by atoms with E-state index in [9.17, 15) is 0 Å². The smallest absolute Gasteiger partial charge is 0.0149 e. The summed E-state index contributed by atoms with van der Waals surface area (Å²) >= 11 is 0. The first kappa shape index (κ1) is 82.8. The van der Waals surface area contributed by atoms with Crippen molar-refractivity contribution in [1.82, 2.24) is 36.0 Å². The molecular formula is C74H159N7. The molecule has 0 bridgehead atoms. The van der Waals surface area contributed by atoms with Crippen LogP contribution in [0, 0.1) is 62.1 Å². The number of hydrogen-bond acceptors (Lipinski definition) is 7. The average molecular weight is 1150 g/mol. The lowest BCUT2D eigenvalue weighted by atomic mass is 9.74. The fraction of sp³-hybridized carbons (Fsp3) is 1.00. The van der Waals surface area contributed by atoms with Crippen molar-refractivity contribution in [2.75, 3.05) is 65.4 Å². The lowest BCUT2D eigenvalue weighted by molar-refractivity contribution is -0.0345. The molecule has 0 aliphatic carbocycles. The lowest BCUT2D eigenvalue weighted by Crippen LogP contribution is -2.59. The van der Waals surface area contributed by atoms with Gasteiger partial charge in [-0.2, -0.15) is 0 Å². The molecule has 4 unspecified atom stereocenters. The van der Waals surface area contributed by atoms with E-state index in [2.05, 4.69) is 279 Å². The Bertz CT molecular complexity index is 1510.